The number of nitrogens with zero attached hydrogens (tertiary/aromatic N) is 1. The Morgan fingerprint density at radius 2 is 1.79 bits per heavy atom. The van der Waals surface area contributed by atoms with Crippen LogP contribution in [0.1, 0.15) is 35.2 Å². The second kappa shape index (κ2) is 7.47. The number of amides is 1. The smallest absolute Gasteiger partial charge is 0.263 e. The van der Waals surface area contributed by atoms with Gasteiger partial charge in [-0.1, -0.05) is 29.8 Å². The van der Waals surface area contributed by atoms with Gasteiger partial charge < -0.3 is 10.1 Å². The van der Waals surface area contributed by atoms with Crippen LogP contribution in [0.2, 0.25) is 0 Å². The van der Waals surface area contributed by atoms with Gasteiger partial charge in [0.05, 0.1) is 24.5 Å². The molecule has 0 spiro atoms. The molecule has 2 atom stereocenters. The normalized spacial score (nSPS) is 17.5. The van der Waals surface area contributed by atoms with E-state index in [-0.39, 0.29) is 18.5 Å². The SMILES string of the molecule is Cc1ccc(C)c([C@@H](C)NC(=O)[C@@H]2CN(S(C)(=O)=O)c3cc(C)ccc3O2)c1. The van der Waals surface area contributed by atoms with Crippen LogP contribution in [-0.4, -0.2) is 33.2 Å². The lowest BCUT2D eigenvalue weighted by Gasteiger charge is -2.34. The van der Waals surface area contributed by atoms with Crippen molar-refractivity contribution in [3.8, 4) is 5.75 Å². The van der Waals surface area contributed by atoms with Crippen LogP contribution in [0.15, 0.2) is 36.4 Å². The minimum absolute atomic E-state index is 0.0549. The zero-order valence-corrected chi connectivity index (χ0v) is 17.6. The summed E-state index contributed by atoms with van der Waals surface area (Å²) in [5.74, 6) is 0.0510. The molecular weight excluding hydrogens is 376 g/mol. The number of rotatable bonds is 4. The summed E-state index contributed by atoms with van der Waals surface area (Å²) in [5.41, 5.74) is 4.61. The lowest BCUT2D eigenvalue weighted by molar-refractivity contribution is -0.128. The number of hydrogen-bond acceptors (Lipinski definition) is 4. The number of benzene rings is 2. The quantitative estimate of drug-likeness (QED) is 0.853. The minimum Gasteiger partial charge on any atom is -0.476 e. The van der Waals surface area contributed by atoms with Crippen molar-refractivity contribution < 1.29 is 17.9 Å². The average molecular weight is 403 g/mol. The van der Waals surface area contributed by atoms with Gasteiger partial charge in [-0.15, -0.1) is 0 Å². The Hall–Kier alpha value is -2.54. The molecule has 0 bridgehead atoms. The van der Waals surface area contributed by atoms with Gasteiger partial charge in [0.25, 0.3) is 5.91 Å². The first-order valence-electron chi connectivity index (χ1n) is 9.19. The van der Waals surface area contributed by atoms with E-state index in [1.165, 1.54) is 4.31 Å². The molecule has 1 heterocycles. The van der Waals surface area contributed by atoms with Crippen LogP contribution < -0.4 is 14.4 Å². The molecule has 7 heteroatoms. The molecule has 0 saturated heterocycles. The Morgan fingerprint density at radius 3 is 2.46 bits per heavy atom. The van der Waals surface area contributed by atoms with Crippen molar-refractivity contribution >= 4 is 21.6 Å². The molecule has 150 valence electrons. The summed E-state index contributed by atoms with van der Waals surface area (Å²) < 4.78 is 31.7. The molecule has 6 nitrogen and oxygen atoms in total. The van der Waals surface area contributed by atoms with E-state index in [9.17, 15) is 13.2 Å². The first-order valence-corrected chi connectivity index (χ1v) is 11.0. The van der Waals surface area contributed by atoms with E-state index in [0.29, 0.717) is 11.4 Å². The molecular formula is C21H26N2O4S. The summed E-state index contributed by atoms with van der Waals surface area (Å²) in [4.78, 5) is 12.9. The Balaban J connectivity index is 1.84. The maximum Gasteiger partial charge on any atom is 0.263 e. The highest BCUT2D eigenvalue weighted by Crippen LogP contribution is 2.36. The molecule has 2 aromatic rings. The summed E-state index contributed by atoms with van der Waals surface area (Å²) in [6, 6.07) is 11.2. The van der Waals surface area contributed by atoms with Crippen LogP contribution in [0.5, 0.6) is 5.75 Å². The van der Waals surface area contributed by atoms with Crippen LogP contribution in [0.4, 0.5) is 5.69 Å². The zero-order valence-electron chi connectivity index (χ0n) is 16.8. The number of carbonyl (C=O) groups excluding carboxylic acids is 1. The van der Waals surface area contributed by atoms with Gasteiger partial charge in [0, 0.05) is 0 Å². The number of fused-ring (bicyclic) bond motifs is 1. The number of hydrogen-bond donors (Lipinski definition) is 1. The lowest BCUT2D eigenvalue weighted by Crippen LogP contribution is -2.50. The van der Waals surface area contributed by atoms with Gasteiger partial charge in [-0.2, -0.15) is 0 Å². The minimum atomic E-state index is -3.54. The second-order valence-electron chi connectivity index (χ2n) is 7.46. The summed E-state index contributed by atoms with van der Waals surface area (Å²) in [5, 5.41) is 2.96. The van der Waals surface area contributed by atoms with Crippen molar-refractivity contribution in [2.45, 2.75) is 39.8 Å². The Kier molecular flexibility index (Phi) is 5.39. The number of carbonyl (C=O) groups is 1. The first-order chi connectivity index (χ1) is 13.1. The standard InChI is InChI=1S/C21H26N2O4S/c1-13-6-8-15(3)17(10-13)16(4)22-21(24)20-12-23(28(5,25)26)18-11-14(2)7-9-19(18)27-20/h6-11,16,20H,12H2,1-5H3,(H,22,24)/t16-,20+/m1/s1. The molecule has 0 aromatic heterocycles. The molecule has 1 amide bonds. The van der Waals surface area contributed by atoms with E-state index < -0.39 is 16.1 Å². The molecule has 1 aliphatic rings. The third-order valence-electron chi connectivity index (χ3n) is 4.94. The Bertz CT molecular complexity index is 1020. The summed E-state index contributed by atoms with van der Waals surface area (Å²) >= 11 is 0. The fourth-order valence-electron chi connectivity index (χ4n) is 3.42. The van der Waals surface area contributed by atoms with E-state index in [0.717, 1.165) is 28.5 Å². The van der Waals surface area contributed by atoms with Crippen molar-refractivity contribution in [3.05, 3.63) is 58.7 Å². The average Bonchev–Trinajstić information content (AvgIpc) is 2.61. The van der Waals surface area contributed by atoms with Gasteiger partial charge in [0.15, 0.2) is 6.10 Å². The highest BCUT2D eigenvalue weighted by Gasteiger charge is 2.35. The number of aryl methyl sites for hydroxylation is 3. The predicted octanol–water partition coefficient (Wildman–Crippen LogP) is 3.02. The van der Waals surface area contributed by atoms with E-state index in [1.807, 2.05) is 52.0 Å². The number of sulfonamides is 1. The summed E-state index contributed by atoms with van der Waals surface area (Å²) in [6.45, 7) is 7.74. The zero-order chi connectivity index (χ0) is 20.6. The molecule has 0 aliphatic carbocycles. The number of anilines is 1. The van der Waals surface area contributed by atoms with E-state index in [2.05, 4.69) is 5.32 Å². The highest BCUT2D eigenvalue weighted by atomic mass is 32.2. The van der Waals surface area contributed by atoms with Crippen LogP contribution >= 0.6 is 0 Å². The van der Waals surface area contributed by atoms with E-state index in [1.54, 1.807) is 12.1 Å². The first kappa shape index (κ1) is 20.2. The van der Waals surface area contributed by atoms with Crippen molar-refractivity contribution in [1.82, 2.24) is 5.32 Å². The third kappa shape index (κ3) is 4.14. The van der Waals surface area contributed by atoms with Gasteiger partial charge in [-0.05, 0) is 56.5 Å². The van der Waals surface area contributed by atoms with Gasteiger partial charge in [-0.25, -0.2) is 8.42 Å². The van der Waals surface area contributed by atoms with Crippen LogP contribution in [0.25, 0.3) is 0 Å². The third-order valence-corrected chi connectivity index (χ3v) is 6.08. The van der Waals surface area contributed by atoms with Gasteiger partial charge in [0.1, 0.15) is 5.75 Å². The van der Waals surface area contributed by atoms with Gasteiger partial charge >= 0.3 is 0 Å². The Morgan fingerprint density at radius 1 is 1.14 bits per heavy atom. The Labute approximate surface area is 166 Å². The summed E-state index contributed by atoms with van der Waals surface area (Å²) in [7, 11) is -3.54. The number of ether oxygens (including phenoxy) is 1. The monoisotopic (exact) mass is 402 g/mol. The predicted molar refractivity (Wildman–Crippen MR) is 110 cm³/mol. The fraction of sp³-hybridized carbons (Fsp3) is 0.381. The maximum atomic E-state index is 12.9. The molecule has 28 heavy (non-hydrogen) atoms. The van der Waals surface area contributed by atoms with Gasteiger partial charge in [0.2, 0.25) is 10.0 Å². The molecule has 1 N–H and O–H groups in total. The largest absolute Gasteiger partial charge is 0.476 e. The van der Waals surface area contributed by atoms with Crippen molar-refractivity contribution in [2.24, 2.45) is 0 Å². The van der Waals surface area contributed by atoms with E-state index >= 15 is 0 Å². The molecule has 0 fully saturated rings. The van der Waals surface area contributed by atoms with Crippen LogP contribution in [-0.2, 0) is 14.8 Å². The molecule has 3 rings (SSSR count). The fourth-order valence-corrected chi connectivity index (χ4v) is 4.33. The molecule has 1 aliphatic heterocycles. The van der Waals surface area contributed by atoms with Crippen molar-refractivity contribution in [3.63, 3.8) is 0 Å². The van der Waals surface area contributed by atoms with Crippen molar-refractivity contribution in [2.75, 3.05) is 17.1 Å². The summed E-state index contributed by atoms with van der Waals surface area (Å²) in [6.07, 6.45) is 0.218. The van der Waals surface area contributed by atoms with E-state index in [4.69, 9.17) is 4.74 Å². The van der Waals surface area contributed by atoms with Crippen LogP contribution in [0.3, 0.4) is 0 Å². The number of nitrogens with one attached hydrogen (secondary N) is 1. The molecule has 0 radical (unpaired) electrons. The second-order valence-corrected chi connectivity index (χ2v) is 9.37. The molecule has 2 aromatic carbocycles. The molecule has 0 saturated carbocycles. The topological polar surface area (TPSA) is 75.7 Å². The highest BCUT2D eigenvalue weighted by molar-refractivity contribution is 7.92. The van der Waals surface area contributed by atoms with Gasteiger partial charge in [-0.3, -0.25) is 9.10 Å². The maximum absolute atomic E-state index is 12.9. The van der Waals surface area contributed by atoms with Crippen LogP contribution in [0, 0.1) is 20.8 Å². The van der Waals surface area contributed by atoms with Crippen molar-refractivity contribution in [1.29, 1.82) is 0 Å². The lowest BCUT2D eigenvalue weighted by atomic mass is 10.00. The molecule has 0 unspecified atom stereocenters.